The van der Waals surface area contributed by atoms with Gasteiger partial charge in [0.15, 0.2) is 0 Å². The number of aliphatic hydroxyl groups excluding tert-OH is 1. The number of nitrogens with zero attached hydrogens (tertiary/aromatic N) is 1. The molecule has 17 heavy (non-hydrogen) atoms. The fraction of sp³-hybridized carbons (Fsp3) is 0.571. The molecule has 0 spiro atoms. The van der Waals surface area contributed by atoms with Gasteiger partial charge in [-0.25, -0.2) is 0 Å². The van der Waals surface area contributed by atoms with Crippen LogP contribution in [-0.4, -0.2) is 35.8 Å². The summed E-state index contributed by atoms with van der Waals surface area (Å²) in [6.07, 6.45) is 2.29. The van der Waals surface area contributed by atoms with E-state index < -0.39 is 0 Å². The molecule has 1 fully saturated rings. The summed E-state index contributed by atoms with van der Waals surface area (Å²) in [5, 5.41) is 9.31. The number of aliphatic hydroxyl groups is 1. The van der Waals surface area contributed by atoms with Crippen LogP contribution in [0.5, 0.6) is 5.75 Å². The summed E-state index contributed by atoms with van der Waals surface area (Å²) in [5.41, 5.74) is 1.22. The molecule has 0 aromatic heterocycles. The van der Waals surface area contributed by atoms with Crippen molar-refractivity contribution in [2.24, 2.45) is 0 Å². The van der Waals surface area contributed by atoms with Crippen molar-refractivity contribution in [2.45, 2.75) is 32.4 Å². The number of hydrogen-bond acceptors (Lipinski definition) is 3. The highest BCUT2D eigenvalue weighted by Gasteiger charge is 2.24. The van der Waals surface area contributed by atoms with Crippen molar-refractivity contribution >= 4 is 0 Å². The second-order valence-corrected chi connectivity index (χ2v) is 4.49. The lowest BCUT2D eigenvalue weighted by Gasteiger charge is -2.23. The van der Waals surface area contributed by atoms with Crippen LogP contribution in [0.3, 0.4) is 0 Å². The molecule has 0 radical (unpaired) electrons. The zero-order valence-corrected chi connectivity index (χ0v) is 10.4. The summed E-state index contributed by atoms with van der Waals surface area (Å²) in [6.45, 7) is 4.91. The summed E-state index contributed by atoms with van der Waals surface area (Å²) in [5.74, 6) is 0.971. The van der Waals surface area contributed by atoms with E-state index in [0.717, 1.165) is 25.3 Å². The first-order valence-electron chi connectivity index (χ1n) is 6.40. The van der Waals surface area contributed by atoms with Crippen molar-refractivity contribution in [3.8, 4) is 5.75 Å². The topological polar surface area (TPSA) is 32.7 Å². The second-order valence-electron chi connectivity index (χ2n) is 4.49. The molecular weight excluding hydrogens is 214 g/mol. The zero-order valence-electron chi connectivity index (χ0n) is 10.4. The first-order valence-corrected chi connectivity index (χ1v) is 6.40. The second kappa shape index (κ2) is 6.03. The molecule has 1 aromatic rings. The average molecular weight is 235 g/mol. The molecule has 0 bridgehead atoms. The SMILES string of the molecule is CCOc1ccccc1CN1CCC[C@@H]1CO. The summed E-state index contributed by atoms with van der Waals surface area (Å²) >= 11 is 0. The third-order valence-corrected chi connectivity index (χ3v) is 3.36. The lowest BCUT2D eigenvalue weighted by atomic mass is 10.1. The van der Waals surface area contributed by atoms with E-state index in [4.69, 9.17) is 4.74 Å². The van der Waals surface area contributed by atoms with Crippen molar-refractivity contribution in [2.75, 3.05) is 19.8 Å². The van der Waals surface area contributed by atoms with Crippen molar-refractivity contribution in [3.05, 3.63) is 29.8 Å². The molecule has 0 amide bonds. The molecule has 0 saturated carbocycles. The van der Waals surface area contributed by atoms with E-state index in [2.05, 4.69) is 11.0 Å². The van der Waals surface area contributed by atoms with Gasteiger partial charge in [-0.3, -0.25) is 4.90 Å². The monoisotopic (exact) mass is 235 g/mol. The Morgan fingerprint density at radius 3 is 3.00 bits per heavy atom. The maximum Gasteiger partial charge on any atom is 0.123 e. The molecule has 3 heteroatoms. The van der Waals surface area contributed by atoms with Crippen molar-refractivity contribution in [1.29, 1.82) is 0 Å². The molecule has 1 heterocycles. The molecule has 1 saturated heterocycles. The van der Waals surface area contributed by atoms with Gasteiger partial charge in [0.05, 0.1) is 13.2 Å². The highest BCUT2D eigenvalue weighted by atomic mass is 16.5. The Bertz CT molecular complexity index is 354. The average Bonchev–Trinajstić information content (AvgIpc) is 2.79. The number of para-hydroxylation sites is 1. The predicted molar refractivity (Wildman–Crippen MR) is 68.1 cm³/mol. The van der Waals surface area contributed by atoms with E-state index in [9.17, 15) is 5.11 Å². The largest absolute Gasteiger partial charge is 0.494 e. The summed E-state index contributed by atoms with van der Waals surface area (Å²) in [7, 11) is 0. The Hall–Kier alpha value is -1.06. The van der Waals surface area contributed by atoms with Gasteiger partial charge in [0, 0.05) is 18.2 Å². The van der Waals surface area contributed by atoms with Gasteiger partial charge in [-0.2, -0.15) is 0 Å². The van der Waals surface area contributed by atoms with E-state index in [1.54, 1.807) is 0 Å². The van der Waals surface area contributed by atoms with Gasteiger partial charge in [-0.15, -0.1) is 0 Å². The Labute approximate surface area is 103 Å². The highest BCUT2D eigenvalue weighted by Crippen LogP contribution is 2.24. The van der Waals surface area contributed by atoms with Gasteiger partial charge in [0.25, 0.3) is 0 Å². The van der Waals surface area contributed by atoms with Crippen LogP contribution in [0.4, 0.5) is 0 Å². The van der Waals surface area contributed by atoms with Crippen molar-refractivity contribution < 1.29 is 9.84 Å². The van der Waals surface area contributed by atoms with Crippen LogP contribution in [0.1, 0.15) is 25.3 Å². The fourth-order valence-electron chi connectivity index (χ4n) is 2.46. The maximum absolute atomic E-state index is 9.31. The number of likely N-dealkylation sites (tertiary alicyclic amines) is 1. The van der Waals surface area contributed by atoms with Crippen LogP contribution in [0.15, 0.2) is 24.3 Å². The molecule has 1 N–H and O–H groups in total. The van der Waals surface area contributed by atoms with Crippen LogP contribution in [0, 0.1) is 0 Å². The predicted octanol–water partition coefficient (Wildman–Crippen LogP) is 2.04. The van der Waals surface area contributed by atoms with E-state index in [-0.39, 0.29) is 6.61 Å². The molecule has 1 aromatic carbocycles. The fourth-order valence-corrected chi connectivity index (χ4v) is 2.46. The zero-order chi connectivity index (χ0) is 12.1. The van der Waals surface area contributed by atoms with E-state index in [1.807, 2.05) is 25.1 Å². The van der Waals surface area contributed by atoms with Gasteiger partial charge in [-0.05, 0) is 32.4 Å². The van der Waals surface area contributed by atoms with Crippen molar-refractivity contribution in [3.63, 3.8) is 0 Å². The molecule has 3 nitrogen and oxygen atoms in total. The van der Waals surface area contributed by atoms with Gasteiger partial charge >= 0.3 is 0 Å². The molecule has 2 rings (SSSR count). The quantitative estimate of drug-likeness (QED) is 0.847. The molecule has 1 aliphatic rings. The maximum atomic E-state index is 9.31. The lowest BCUT2D eigenvalue weighted by Crippen LogP contribution is -2.31. The van der Waals surface area contributed by atoms with E-state index >= 15 is 0 Å². The molecule has 1 aliphatic heterocycles. The first kappa shape index (κ1) is 12.4. The smallest absolute Gasteiger partial charge is 0.123 e. The minimum atomic E-state index is 0.261. The van der Waals surface area contributed by atoms with Crippen LogP contribution in [0.25, 0.3) is 0 Å². The van der Waals surface area contributed by atoms with Gasteiger partial charge < -0.3 is 9.84 Å². The molecule has 1 atom stereocenters. The molecule has 0 aliphatic carbocycles. The Kier molecular flexibility index (Phi) is 4.40. The van der Waals surface area contributed by atoms with Crippen LogP contribution >= 0.6 is 0 Å². The Balaban J connectivity index is 2.07. The van der Waals surface area contributed by atoms with Crippen LogP contribution in [-0.2, 0) is 6.54 Å². The van der Waals surface area contributed by atoms with Crippen LogP contribution < -0.4 is 4.74 Å². The Morgan fingerprint density at radius 1 is 1.41 bits per heavy atom. The number of ether oxygens (including phenoxy) is 1. The minimum absolute atomic E-state index is 0.261. The highest BCUT2D eigenvalue weighted by molar-refractivity contribution is 5.33. The van der Waals surface area contributed by atoms with Crippen molar-refractivity contribution in [1.82, 2.24) is 4.90 Å². The van der Waals surface area contributed by atoms with Gasteiger partial charge in [0.1, 0.15) is 5.75 Å². The third kappa shape index (κ3) is 2.99. The van der Waals surface area contributed by atoms with Gasteiger partial charge in [-0.1, -0.05) is 18.2 Å². The standard InChI is InChI=1S/C14H21NO2/c1-2-17-14-8-4-3-6-12(14)10-15-9-5-7-13(15)11-16/h3-4,6,8,13,16H,2,5,7,9-11H2,1H3/t13-/m1/s1. The third-order valence-electron chi connectivity index (χ3n) is 3.36. The number of hydrogen-bond donors (Lipinski definition) is 1. The van der Waals surface area contributed by atoms with E-state index in [0.29, 0.717) is 12.6 Å². The normalized spacial score (nSPS) is 20.7. The first-order chi connectivity index (χ1) is 8.35. The lowest BCUT2D eigenvalue weighted by molar-refractivity contribution is 0.152. The van der Waals surface area contributed by atoms with Gasteiger partial charge in [0.2, 0.25) is 0 Å². The molecule has 94 valence electrons. The minimum Gasteiger partial charge on any atom is -0.494 e. The number of benzene rings is 1. The Morgan fingerprint density at radius 2 is 2.24 bits per heavy atom. The summed E-state index contributed by atoms with van der Waals surface area (Å²) in [6, 6.07) is 8.49. The summed E-state index contributed by atoms with van der Waals surface area (Å²) in [4.78, 5) is 2.35. The van der Waals surface area contributed by atoms with Crippen LogP contribution in [0.2, 0.25) is 0 Å². The molecular formula is C14H21NO2. The van der Waals surface area contributed by atoms with E-state index in [1.165, 1.54) is 12.0 Å². The molecule has 0 unspecified atom stereocenters. The summed E-state index contributed by atoms with van der Waals surface area (Å²) < 4.78 is 5.63. The number of rotatable bonds is 5.